The molecule has 2 amide bonds. The highest BCUT2D eigenvalue weighted by atomic mass is 16.2. The number of aromatic nitrogens is 3. The largest absolute Gasteiger partial charge is 0.368 e. The molecule has 0 aliphatic rings. The Morgan fingerprint density at radius 3 is 2.20 bits per heavy atom. The van der Waals surface area contributed by atoms with Crippen LogP contribution in [-0.4, -0.2) is 26.8 Å². The summed E-state index contributed by atoms with van der Waals surface area (Å²) in [6, 6.07) is 17.1. The number of para-hydroxylation sites is 1. The van der Waals surface area contributed by atoms with E-state index in [4.69, 9.17) is 5.73 Å². The first-order chi connectivity index (χ1) is 12.1. The molecule has 0 aliphatic heterocycles. The summed E-state index contributed by atoms with van der Waals surface area (Å²) >= 11 is 0. The molecule has 1 aromatic heterocycles. The molecule has 126 valence electrons. The van der Waals surface area contributed by atoms with E-state index in [-0.39, 0.29) is 5.69 Å². The summed E-state index contributed by atoms with van der Waals surface area (Å²) in [5.74, 6) is -1.15. The first-order valence-electron chi connectivity index (χ1n) is 7.71. The maximum absolute atomic E-state index is 12.6. The minimum atomic E-state index is -0.935. The number of primary amides is 1. The lowest BCUT2D eigenvalue weighted by Crippen LogP contribution is -2.37. The van der Waals surface area contributed by atoms with Crippen molar-refractivity contribution in [3.05, 3.63) is 77.6 Å². The molecule has 0 aliphatic carbocycles. The number of aryl methyl sites for hydroxylation is 1. The number of carbonyl (C=O) groups is 2. The van der Waals surface area contributed by atoms with Gasteiger partial charge in [-0.2, -0.15) is 9.90 Å². The Balaban J connectivity index is 1.86. The van der Waals surface area contributed by atoms with E-state index in [1.165, 1.54) is 4.80 Å². The van der Waals surface area contributed by atoms with E-state index in [1.807, 2.05) is 36.4 Å². The SMILES string of the molecule is Cc1nn(-c2ccccc2)nc1C(=O)N[C@@H](C(N)=O)c1ccccc1. The van der Waals surface area contributed by atoms with Crippen molar-refractivity contribution in [1.29, 1.82) is 0 Å². The van der Waals surface area contributed by atoms with Gasteiger partial charge in [0.05, 0.1) is 11.4 Å². The van der Waals surface area contributed by atoms with Gasteiger partial charge in [0.15, 0.2) is 5.69 Å². The third kappa shape index (κ3) is 3.55. The highest BCUT2D eigenvalue weighted by molar-refractivity contribution is 5.96. The number of hydrogen-bond acceptors (Lipinski definition) is 4. The number of carbonyl (C=O) groups excluding carboxylic acids is 2. The molecule has 1 heterocycles. The Kier molecular flexibility index (Phi) is 4.56. The monoisotopic (exact) mass is 335 g/mol. The molecule has 7 nitrogen and oxygen atoms in total. The van der Waals surface area contributed by atoms with Crippen LogP contribution < -0.4 is 11.1 Å². The first-order valence-corrected chi connectivity index (χ1v) is 7.71. The minimum absolute atomic E-state index is 0.144. The fourth-order valence-electron chi connectivity index (χ4n) is 2.43. The zero-order chi connectivity index (χ0) is 17.8. The topological polar surface area (TPSA) is 103 Å². The Morgan fingerprint density at radius 1 is 1.00 bits per heavy atom. The fourth-order valence-corrected chi connectivity index (χ4v) is 2.43. The van der Waals surface area contributed by atoms with Crippen molar-refractivity contribution in [2.24, 2.45) is 5.73 Å². The van der Waals surface area contributed by atoms with E-state index in [0.717, 1.165) is 5.69 Å². The molecule has 0 radical (unpaired) electrons. The predicted octanol–water partition coefficient (Wildman–Crippen LogP) is 1.53. The Morgan fingerprint density at radius 2 is 1.60 bits per heavy atom. The molecule has 7 heteroatoms. The molecular weight excluding hydrogens is 318 g/mol. The molecule has 0 bridgehead atoms. The minimum Gasteiger partial charge on any atom is -0.368 e. The molecular formula is C18H17N5O2. The molecule has 25 heavy (non-hydrogen) atoms. The number of nitrogens with one attached hydrogen (secondary N) is 1. The molecule has 3 N–H and O–H groups in total. The number of hydrogen-bond donors (Lipinski definition) is 2. The summed E-state index contributed by atoms with van der Waals surface area (Å²) in [5, 5.41) is 11.1. The summed E-state index contributed by atoms with van der Waals surface area (Å²) in [5.41, 5.74) is 7.38. The van der Waals surface area contributed by atoms with Crippen molar-refractivity contribution in [1.82, 2.24) is 20.3 Å². The van der Waals surface area contributed by atoms with E-state index in [0.29, 0.717) is 11.3 Å². The van der Waals surface area contributed by atoms with E-state index >= 15 is 0 Å². The second kappa shape index (κ2) is 6.96. The third-order valence-corrected chi connectivity index (χ3v) is 3.68. The standard InChI is InChI=1S/C18H17N5O2/c1-12-15(22-23(21-12)14-10-6-3-7-11-14)18(25)20-16(17(19)24)13-8-4-2-5-9-13/h2-11,16H,1H3,(H2,19,24)(H,20,25)/t16-/m1/s1. The van der Waals surface area contributed by atoms with Gasteiger partial charge in [-0.25, -0.2) is 0 Å². The predicted molar refractivity (Wildman–Crippen MR) is 91.9 cm³/mol. The van der Waals surface area contributed by atoms with Gasteiger partial charge in [0.1, 0.15) is 6.04 Å². The van der Waals surface area contributed by atoms with Crippen molar-refractivity contribution in [3.63, 3.8) is 0 Å². The molecule has 2 aromatic carbocycles. The fraction of sp³-hybridized carbons (Fsp3) is 0.111. The number of rotatable bonds is 5. The van der Waals surface area contributed by atoms with E-state index in [9.17, 15) is 9.59 Å². The molecule has 0 saturated heterocycles. The second-order valence-electron chi connectivity index (χ2n) is 5.48. The van der Waals surface area contributed by atoms with Crippen molar-refractivity contribution >= 4 is 11.8 Å². The summed E-state index contributed by atoms with van der Waals surface area (Å²) < 4.78 is 0. The van der Waals surface area contributed by atoms with Crippen LogP contribution in [0, 0.1) is 6.92 Å². The summed E-state index contributed by atoms with van der Waals surface area (Å²) in [7, 11) is 0. The van der Waals surface area contributed by atoms with Crippen molar-refractivity contribution in [2.45, 2.75) is 13.0 Å². The summed E-state index contributed by atoms with van der Waals surface area (Å²) in [4.78, 5) is 25.7. The number of amides is 2. The Labute approximate surface area is 144 Å². The maximum atomic E-state index is 12.6. The molecule has 0 saturated carbocycles. The Bertz CT molecular complexity index is 890. The zero-order valence-electron chi connectivity index (χ0n) is 13.6. The average Bonchev–Trinajstić information content (AvgIpc) is 3.02. The van der Waals surface area contributed by atoms with Crippen molar-refractivity contribution in [2.75, 3.05) is 0 Å². The van der Waals surface area contributed by atoms with Crippen LogP contribution in [0.25, 0.3) is 5.69 Å². The third-order valence-electron chi connectivity index (χ3n) is 3.68. The molecule has 1 atom stereocenters. The van der Waals surface area contributed by atoms with Gasteiger partial charge in [-0.05, 0) is 24.6 Å². The molecule has 0 spiro atoms. The van der Waals surface area contributed by atoms with E-state index in [2.05, 4.69) is 15.5 Å². The Hall–Kier alpha value is -3.48. The lowest BCUT2D eigenvalue weighted by molar-refractivity contribution is -0.120. The van der Waals surface area contributed by atoms with Crippen LogP contribution in [0.1, 0.15) is 27.8 Å². The van der Waals surface area contributed by atoms with Gasteiger partial charge >= 0.3 is 0 Å². The molecule has 3 aromatic rings. The summed E-state index contributed by atoms with van der Waals surface area (Å²) in [6.45, 7) is 1.68. The first kappa shape index (κ1) is 16.4. The summed E-state index contributed by atoms with van der Waals surface area (Å²) in [6.07, 6.45) is 0. The van der Waals surface area contributed by atoms with Crippen molar-refractivity contribution in [3.8, 4) is 5.69 Å². The maximum Gasteiger partial charge on any atom is 0.274 e. The van der Waals surface area contributed by atoms with Crippen LogP contribution >= 0.6 is 0 Å². The van der Waals surface area contributed by atoms with Gasteiger partial charge in [-0.3, -0.25) is 9.59 Å². The normalized spacial score (nSPS) is 11.7. The van der Waals surface area contributed by atoms with Gasteiger partial charge in [0.25, 0.3) is 5.91 Å². The highest BCUT2D eigenvalue weighted by Crippen LogP contribution is 2.14. The van der Waals surface area contributed by atoms with Gasteiger partial charge in [-0.15, -0.1) is 5.10 Å². The highest BCUT2D eigenvalue weighted by Gasteiger charge is 2.24. The molecule has 0 unspecified atom stereocenters. The second-order valence-corrected chi connectivity index (χ2v) is 5.48. The molecule has 3 rings (SSSR count). The van der Waals surface area contributed by atoms with Crippen molar-refractivity contribution < 1.29 is 9.59 Å². The van der Waals surface area contributed by atoms with Crippen LogP contribution in [0.4, 0.5) is 0 Å². The number of nitrogens with two attached hydrogens (primary N) is 1. The van der Waals surface area contributed by atoms with Gasteiger partial charge < -0.3 is 11.1 Å². The van der Waals surface area contributed by atoms with Crippen LogP contribution in [0.3, 0.4) is 0 Å². The van der Waals surface area contributed by atoms with Crippen LogP contribution in [0.2, 0.25) is 0 Å². The van der Waals surface area contributed by atoms with Gasteiger partial charge in [-0.1, -0.05) is 48.5 Å². The lowest BCUT2D eigenvalue weighted by Gasteiger charge is -2.15. The van der Waals surface area contributed by atoms with E-state index in [1.54, 1.807) is 31.2 Å². The number of nitrogens with zero attached hydrogens (tertiary/aromatic N) is 3. The van der Waals surface area contributed by atoms with Crippen LogP contribution in [0.5, 0.6) is 0 Å². The van der Waals surface area contributed by atoms with Crippen LogP contribution in [-0.2, 0) is 4.79 Å². The lowest BCUT2D eigenvalue weighted by atomic mass is 10.1. The molecule has 0 fully saturated rings. The van der Waals surface area contributed by atoms with Crippen LogP contribution in [0.15, 0.2) is 60.7 Å². The average molecular weight is 335 g/mol. The number of benzene rings is 2. The van der Waals surface area contributed by atoms with E-state index < -0.39 is 17.9 Å². The van der Waals surface area contributed by atoms with Gasteiger partial charge in [0, 0.05) is 0 Å². The quantitative estimate of drug-likeness (QED) is 0.738. The smallest absolute Gasteiger partial charge is 0.274 e. The van der Waals surface area contributed by atoms with Gasteiger partial charge in [0.2, 0.25) is 5.91 Å². The zero-order valence-corrected chi connectivity index (χ0v) is 13.6.